The molecule has 0 fully saturated rings. The Morgan fingerprint density at radius 2 is 2.29 bits per heavy atom. The van der Waals surface area contributed by atoms with E-state index in [4.69, 9.17) is 9.84 Å². The molecular formula is C8H8BrF2NO2. The summed E-state index contributed by atoms with van der Waals surface area (Å²) < 4.78 is 29.8. The van der Waals surface area contributed by atoms with Crippen LogP contribution in [0.1, 0.15) is 17.8 Å². The summed E-state index contributed by atoms with van der Waals surface area (Å²) in [5, 5.41) is 8.87. The molecule has 1 aromatic heterocycles. The fraction of sp³-hybridized carbons (Fsp3) is 0.375. The number of aromatic nitrogens is 1. The predicted octanol–water partition coefficient (Wildman–Crippen LogP) is 2.28. The maximum absolute atomic E-state index is 12.3. The number of hydrogen-bond acceptors (Lipinski definition) is 3. The van der Waals surface area contributed by atoms with Crippen molar-refractivity contribution >= 4 is 15.9 Å². The fourth-order valence-electron chi connectivity index (χ4n) is 1.01. The normalized spacial score (nSPS) is 10.7. The average Bonchev–Trinajstić information content (AvgIpc) is 2.16. The number of ether oxygens (including phenoxy) is 1. The Labute approximate surface area is 87.9 Å². The van der Waals surface area contributed by atoms with Gasteiger partial charge in [0.05, 0.1) is 18.2 Å². The topological polar surface area (TPSA) is 42.4 Å². The van der Waals surface area contributed by atoms with E-state index in [9.17, 15) is 8.78 Å². The maximum atomic E-state index is 12.3. The third kappa shape index (κ3) is 2.19. The van der Waals surface area contributed by atoms with Crippen LogP contribution in [0.2, 0.25) is 0 Å². The van der Waals surface area contributed by atoms with Crippen LogP contribution in [0, 0.1) is 0 Å². The molecule has 1 aromatic rings. The molecule has 0 aliphatic rings. The number of alkyl halides is 2. The van der Waals surface area contributed by atoms with Crippen LogP contribution in [0.5, 0.6) is 5.75 Å². The van der Waals surface area contributed by atoms with Crippen molar-refractivity contribution in [3.05, 3.63) is 21.9 Å². The van der Waals surface area contributed by atoms with Gasteiger partial charge in [-0.3, -0.25) is 0 Å². The smallest absolute Gasteiger partial charge is 0.280 e. The zero-order valence-corrected chi connectivity index (χ0v) is 8.88. The SMILES string of the molecule is COc1c(Br)cc(C(F)F)nc1CO. The largest absolute Gasteiger partial charge is 0.494 e. The summed E-state index contributed by atoms with van der Waals surface area (Å²) in [6, 6.07) is 1.17. The summed E-state index contributed by atoms with van der Waals surface area (Å²) in [6.45, 7) is -0.442. The van der Waals surface area contributed by atoms with E-state index in [-0.39, 0.29) is 17.1 Å². The molecule has 0 spiro atoms. The molecule has 0 aromatic carbocycles. The van der Waals surface area contributed by atoms with E-state index < -0.39 is 13.0 Å². The van der Waals surface area contributed by atoms with Crippen LogP contribution >= 0.6 is 15.9 Å². The highest BCUT2D eigenvalue weighted by Gasteiger charge is 2.16. The molecule has 78 valence electrons. The van der Waals surface area contributed by atoms with Crippen LogP contribution in [-0.2, 0) is 6.61 Å². The Kier molecular flexibility index (Phi) is 3.77. The van der Waals surface area contributed by atoms with Crippen molar-refractivity contribution < 1.29 is 18.6 Å². The monoisotopic (exact) mass is 267 g/mol. The fourth-order valence-corrected chi connectivity index (χ4v) is 1.63. The summed E-state index contributed by atoms with van der Waals surface area (Å²) in [7, 11) is 1.38. The first kappa shape index (κ1) is 11.3. The zero-order chi connectivity index (χ0) is 10.7. The molecule has 0 amide bonds. The molecule has 1 heterocycles. The molecule has 0 aliphatic carbocycles. The highest BCUT2D eigenvalue weighted by atomic mass is 79.9. The molecule has 14 heavy (non-hydrogen) atoms. The zero-order valence-electron chi connectivity index (χ0n) is 7.30. The Hall–Kier alpha value is -0.750. The van der Waals surface area contributed by atoms with Gasteiger partial charge in [-0.25, -0.2) is 13.8 Å². The maximum Gasteiger partial charge on any atom is 0.280 e. The van der Waals surface area contributed by atoms with Crippen LogP contribution < -0.4 is 4.74 Å². The number of methoxy groups -OCH3 is 1. The predicted molar refractivity (Wildman–Crippen MR) is 49.4 cm³/mol. The van der Waals surface area contributed by atoms with Gasteiger partial charge in [0, 0.05) is 0 Å². The van der Waals surface area contributed by atoms with E-state index in [1.165, 1.54) is 13.2 Å². The lowest BCUT2D eigenvalue weighted by atomic mass is 10.3. The molecule has 0 bridgehead atoms. The highest BCUT2D eigenvalue weighted by molar-refractivity contribution is 9.10. The molecule has 0 aliphatic heterocycles. The summed E-state index contributed by atoms with van der Waals surface area (Å²) >= 11 is 3.06. The highest BCUT2D eigenvalue weighted by Crippen LogP contribution is 2.31. The number of pyridine rings is 1. The minimum absolute atomic E-state index is 0.0946. The van der Waals surface area contributed by atoms with Gasteiger partial charge in [0.1, 0.15) is 11.4 Å². The molecule has 0 radical (unpaired) electrons. The van der Waals surface area contributed by atoms with E-state index in [1.54, 1.807) is 0 Å². The van der Waals surface area contributed by atoms with Gasteiger partial charge in [0.15, 0.2) is 5.75 Å². The van der Waals surface area contributed by atoms with Crippen molar-refractivity contribution in [2.24, 2.45) is 0 Å². The van der Waals surface area contributed by atoms with Crippen LogP contribution in [0.15, 0.2) is 10.5 Å². The molecule has 6 heteroatoms. The van der Waals surface area contributed by atoms with Gasteiger partial charge < -0.3 is 9.84 Å². The van der Waals surface area contributed by atoms with E-state index in [1.807, 2.05) is 0 Å². The quantitative estimate of drug-likeness (QED) is 0.914. The number of nitrogens with zero attached hydrogens (tertiary/aromatic N) is 1. The molecule has 1 N–H and O–H groups in total. The molecule has 0 atom stereocenters. The first-order valence-electron chi connectivity index (χ1n) is 3.72. The summed E-state index contributed by atoms with van der Waals surface area (Å²) in [5.41, 5.74) is -0.293. The lowest BCUT2D eigenvalue weighted by Crippen LogP contribution is -2.01. The number of hydrogen-bond donors (Lipinski definition) is 1. The summed E-state index contributed by atoms with van der Waals surface area (Å²) in [5.74, 6) is 0.275. The number of aliphatic hydroxyl groups excluding tert-OH is 1. The first-order chi connectivity index (χ1) is 6.60. The summed E-state index contributed by atoms with van der Waals surface area (Å²) in [6.07, 6.45) is -2.66. The van der Waals surface area contributed by atoms with Gasteiger partial charge in [-0.2, -0.15) is 0 Å². The minimum Gasteiger partial charge on any atom is -0.494 e. The number of aliphatic hydroxyl groups is 1. The number of halogens is 3. The van der Waals surface area contributed by atoms with E-state index >= 15 is 0 Å². The van der Waals surface area contributed by atoms with Crippen LogP contribution in [0.4, 0.5) is 8.78 Å². The Balaban J connectivity index is 3.24. The van der Waals surface area contributed by atoms with E-state index in [2.05, 4.69) is 20.9 Å². The Morgan fingerprint density at radius 3 is 2.71 bits per heavy atom. The molecule has 3 nitrogen and oxygen atoms in total. The summed E-state index contributed by atoms with van der Waals surface area (Å²) in [4.78, 5) is 3.57. The molecule has 0 saturated carbocycles. The van der Waals surface area contributed by atoms with Crippen molar-refractivity contribution in [2.45, 2.75) is 13.0 Å². The Morgan fingerprint density at radius 1 is 1.64 bits per heavy atom. The van der Waals surface area contributed by atoms with Crippen molar-refractivity contribution in [1.82, 2.24) is 4.98 Å². The van der Waals surface area contributed by atoms with Gasteiger partial charge in [0.25, 0.3) is 6.43 Å². The molecule has 1 rings (SSSR count). The van der Waals surface area contributed by atoms with Gasteiger partial charge >= 0.3 is 0 Å². The van der Waals surface area contributed by atoms with Gasteiger partial charge in [-0.15, -0.1) is 0 Å². The third-order valence-electron chi connectivity index (χ3n) is 1.60. The van der Waals surface area contributed by atoms with Crippen molar-refractivity contribution in [3.8, 4) is 5.75 Å². The van der Waals surface area contributed by atoms with Gasteiger partial charge in [-0.05, 0) is 22.0 Å². The second kappa shape index (κ2) is 4.65. The molecule has 0 saturated heterocycles. The van der Waals surface area contributed by atoms with Gasteiger partial charge in [0.2, 0.25) is 0 Å². The number of rotatable bonds is 3. The lowest BCUT2D eigenvalue weighted by Gasteiger charge is -2.09. The third-order valence-corrected chi connectivity index (χ3v) is 2.18. The standard InChI is InChI=1S/C8H8BrF2NO2/c1-14-7-4(9)2-5(8(10)11)12-6(7)3-13/h2,8,13H,3H2,1H3. The van der Waals surface area contributed by atoms with Crippen LogP contribution in [0.3, 0.4) is 0 Å². The first-order valence-corrected chi connectivity index (χ1v) is 4.51. The van der Waals surface area contributed by atoms with Crippen LogP contribution in [0.25, 0.3) is 0 Å². The second-order valence-electron chi connectivity index (χ2n) is 2.47. The van der Waals surface area contributed by atoms with E-state index in [0.717, 1.165) is 0 Å². The lowest BCUT2D eigenvalue weighted by molar-refractivity contribution is 0.144. The Bertz CT molecular complexity index is 333. The molecule has 0 unspecified atom stereocenters. The van der Waals surface area contributed by atoms with Crippen LogP contribution in [-0.4, -0.2) is 17.2 Å². The van der Waals surface area contributed by atoms with Gasteiger partial charge in [-0.1, -0.05) is 0 Å². The van der Waals surface area contributed by atoms with E-state index in [0.29, 0.717) is 4.47 Å². The minimum atomic E-state index is -2.66. The second-order valence-corrected chi connectivity index (χ2v) is 3.32. The van der Waals surface area contributed by atoms with Crippen molar-refractivity contribution in [1.29, 1.82) is 0 Å². The van der Waals surface area contributed by atoms with Crippen molar-refractivity contribution in [3.63, 3.8) is 0 Å². The molecular weight excluding hydrogens is 260 g/mol. The average molecular weight is 268 g/mol. The van der Waals surface area contributed by atoms with Crippen molar-refractivity contribution in [2.75, 3.05) is 7.11 Å².